The van der Waals surface area contributed by atoms with E-state index in [1.807, 2.05) is 0 Å². The number of rotatable bonds is 4. The van der Waals surface area contributed by atoms with Crippen LogP contribution in [0, 0.1) is 0 Å². The summed E-state index contributed by atoms with van der Waals surface area (Å²) in [6.07, 6.45) is -4.57. The van der Waals surface area contributed by atoms with Crippen molar-refractivity contribution in [1.29, 1.82) is 0 Å². The highest BCUT2D eigenvalue weighted by atomic mass is 79.9. The third kappa shape index (κ3) is 2.80. The second-order valence-corrected chi connectivity index (χ2v) is 5.41. The summed E-state index contributed by atoms with van der Waals surface area (Å²) in [5.74, 6) is -1.21. The number of carboxylic acid groups (broad SMARTS) is 1. The molecule has 110 valence electrons. The lowest BCUT2D eigenvalue weighted by Crippen LogP contribution is -2.35. The average Bonchev–Trinajstić information content (AvgIpc) is 3.07. The van der Waals surface area contributed by atoms with Crippen LogP contribution in [0.5, 0.6) is 0 Å². The summed E-state index contributed by atoms with van der Waals surface area (Å²) in [6.45, 7) is 0. The topological polar surface area (TPSA) is 107 Å². The monoisotopic (exact) mass is 353 g/mol. The largest absolute Gasteiger partial charge is 0.480 e. The van der Waals surface area contributed by atoms with E-state index in [4.69, 9.17) is 10.8 Å². The molecule has 0 unspecified atom stereocenters. The fourth-order valence-electron chi connectivity index (χ4n) is 1.84. The number of carboxylic acids is 1. The van der Waals surface area contributed by atoms with Crippen molar-refractivity contribution >= 4 is 21.9 Å². The summed E-state index contributed by atoms with van der Waals surface area (Å²) in [4.78, 5) is 10.7. The van der Waals surface area contributed by atoms with Crippen LogP contribution in [-0.2, 0) is 16.9 Å². The van der Waals surface area contributed by atoms with Gasteiger partial charge in [-0.1, -0.05) is 22.0 Å². The standard InChI is InChI=1S/C11H11BrF3N3O2/c12-7-2-5(3-8(16)9(19)20)1-6(4-7)10(17-18-10)11(13,14)15/h1-2,4,8,17-18H,3,16H2,(H,19,20)/t8-/m0/s1. The van der Waals surface area contributed by atoms with Crippen LogP contribution in [0.2, 0.25) is 0 Å². The van der Waals surface area contributed by atoms with Gasteiger partial charge in [-0.15, -0.1) is 0 Å². The SMILES string of the molecule is N[C@@H](Cc1cc(Br)cc(C2(C(F)(F)F)NN2)c1)C(=O)O. The van der Waals surface area contributed by atoms with Crippen LogP contribution in [0.4, 0.5) is 13.2 Å². The molecule has 1 aliphatic heterocycles. The van der Waals surface area contributed by atoms with E-state index in [1.165, 1.54) is 12.1 Å². The van der Waals surface area contributed by atoms with Gasteiger partial charge in [0, 0.05) is 4.47 Å². The van der Waals surface area contributed by atoms with Crippen molar-refractivity contribution < 1.29 is 23.1 Å². The number of nitrogens with one attached hydrogen (secondary N) is 2. The van der Waals surface area contributed by atoms with Crippen molar-refractivity contribution in [2.75, 3.05) is 0 Å². The highest BCUT2D eigenvalue weighted by Crippen LogP contribution is 2.43. The first-order valence-electron chi connectivity index (χ1n) is 5.55. The van der Waals surface area contributed by atoms with Gasteiger partial charge in [0.2, 0.25) is 5.66 Å². The van der Waals surface area contributed by atoms with E-state index in [0.717, 1.165) is 0 Å². The van der Waals surface area contributed by atoms with Gasteiger partial charge >= 0.3 is 12.1 Å². The molecule has 1 aromatic rings. The van der Waals surface area contributed by atoms with Crippen LogP contribution >= 0.6 is 15.9 Å². The first-order valence-corrected chi connectivity index (χ1v) is 6.34. The predicted molar refractivity (Wildman–Crippen MR) is 67.5 cm³/mol. The van der Waals surface area contributed by atoms with Gasteiger partial charge in [0.15, 0.2) is 0 Å². The van der Waals surface area contributed by atoms with E-state index in [2.05, 4.69) is 26.8 Å². The lowest BCUT2D eigenvalue weighted by atomic mass is 9.98. The number of hydrogen-bond acceptors (Lipinski definition) is 4. The Morgan fingerprint density at radius 1 is 1.40 bits per heavy atom. The average molecular weight is 354 g/mol. The molecule has 0 radical (unpaired) electrons. The molecule has 2 rings (SSSR count). The van der Waals surface area contributed by atoms with Gasteiger partial charge in [-0.05, 0) is 29.7 Å². The van der Waals surface area contributed by atoms with E-state index in [-0.39, 0.29) is 12.0 Å². The maximum absolute atomic E-state index is 13.0. The third-order valence-corrected chi connectivity index (χ3v) is 3.42. The Bertz CT molecular complexity index is 546. The molecular weight excluding hydrogens is 343 g/mol. The quantitative estimate of drug-likeness (QED) is 0.609. The molecule has 1 saturated heterocycles. The minimum atomic E-state index is -4.51. The molecule has 1 aliphatic rings. The summed E-state index contributed by atoms with van der Waals surface area (Å²) >= 11 is 3.12. The Hall–Kier alpha value is -1.16. The Morgan fingerprint density at radius 2 is 2.00 bits per heavy atom. The number of benzene rings is 1. The molecule has 9 heteroatoms. The highest BCUT2D eigenvalue weighted by molar-refractivity contribution is 9.10. The maximum atomic E-state index is 13.0. The van der Waals surface area contributed by atoms with Crippen molar-refractivity contribution in [3.05, 3.63) is 33.8 Å². The van der Waals surface area contributed by atoms with Gasteiger partial charge < -0.3 is 10.8 Å². The Labute approximate surface area is 120 Å². The van der Waals surface area contributed by atoms with E-state index in [0.29, 0.717) is 10.0 Å². The van der Waals surface area contributed by atoms with Crippen LogP contribution in [0.3, 0.4) is 0 Å². The van der Waals surface area contributed by atoms with E-state index >= 15 is 0 Å². The Balaban J connectivity index is 2.33. The molecule has 1 fully saturated rings. The second kappa shape index (κ2) is 4.99. The van der Waals surface area contributed by atoms with Crippen molar-refractivity contribution in [2.24, 2.45) is 5.73 Å². The van der Waals surface area contributed by atoms with Gasteiger partial charge in [-0.25, -0.2) is 10.9 Å². The van der Waals surface area contributed by atoms with Gasteiger partial charge in [0.1, 0.15) is 6.04 Å². The molecule has 1 aromatic carbocycles. The van der Waals surface area contributed by atoms with Gasteiger partial charge in [-0.2, -0.15) is 13.2 Å². The minimum Gasteiger partial charge on any atom is -0.480 e. The maximum Gasteiger partial charge on any atom is 0.426 e. The summed E-state index contributed by atoms with van der Waals surface area (Å²) in [5.41, 5.74) is 7.65. The molecule has 0 saturated carbocycles. The second-order valence-electron chi connectivity index (χ2n) is 4.49. The summed E-state index contributed by atoms with van der Waals surface area (Å²) < 4.78 is 39.3. The van der Waals surface area contributed by atoms with Crippen LogP contribution in [-0.4, -0.2) is 23.3 Å². The van der Waals surface area contributed by atoms with Crippen LogP contribution in [0.15, 0.2) is 22.7 Å². The smallest absolute Gasteiger partial charge is 0.426 e. The molecule has 5 N–H and O–H groups in total. The van der Waals surface area contributed by atoms with Gasteiger partial charge in [-0.3, -0.25) is 4.79 Å². The molecule has 5 nitrogen and oxygen atoms in total. The summed E-state index contributed by atoms with van der Waals surface area (Å²) in [7, 11) is 0. The first kappa shape index (κ1) is 15.2. The number of carbonyl (C=O) groups is 1. The Kier molecular flexibility index (Phi) is 3.80. The molecule has 0 aliphatic carbocycles. The van der Waals surface area contributed by atoms with Gasteiger partial charge in [0.25, 0.3) is 0 Å². The van der Waals surface area contributed by atoms with Crippen molar-refractivity contribution in [3.8, 4) is 0 Å². The number of aliphatic carboxylic acids is 1. The molecule has 0 amide bonds. The first-order chi connectivity index (χ1) is 9.15. The van der Waals surface area contributed by atoms with Crippen LogP contribution in [0.1, 0.15) is 11.1 Å². The van der Waals surface area contributed by atoms with E-state index in [1.54, 1.807) is 6.07 Å². The van der Waals surface area contributed by atoms with Crippen molar-refractivity contribution in [2.45, 2.75) is 24.3 Å². The zero-order chi connectivity index (χ0) is 15.1. The summed E-state index contributed by atoms with van der Waals surface area (Å²) in [6, 6.07) is 2.97. The minimum absolute atomic E-state index is 0.0491. The lowest BCUT2D eigenvalue weighted by Gasteiger charge is -2.18. The molecule has 0 aromatic heterocycles. The lowest BCUT2D eigenvalue weighted by molar-refractivity contribution is -0.165. The summed E-state index contributed by atoms with van der Waals surface area (Å²) in [5, 5.41) is 8.74. The van der Waals surface area contributed by atoms with E-state index in [9.17, 15) is 18.0 Å². The number of alkyl halides is 3. The normalized spacial score (nSPS) is 18.6. The van der Waals surface area contributed by atoms with Crippen molar-refractivity contribution in [3.63, 3.8) is 0 Å². The van der Waals surface area contributed by atoms with E-state index < -0.39 is 23.9 Å². The number of hydrazine groups is 1. The number of hydrogen-bond donors (Lipinski definition) is 4. The van der Waals surface area contributed by atoms with Crippen molar-refractivity contribution in [1.82, 2.24) is 10.9 Å². The molecule has 1 atom stereocenters. The molecule has 1 heterocycles. The highest BCUT2D eigenvalue weighted by Gasteiger charge is 2.65. The fourth-order valence-corrected chi connectivity index (χ4v) is 2.38. The zero-order valence-corrected chi connectivity index (χ0v) is 11.5. The fraction of sp³-hybridized carbons (Fsp3) is 0.364. The predicted octanol–water partition coefficient (Wildman–Crippen LogP) is 1.23. The Morgan fingerprint density at radius 3 is 2.45 bits per heavy atom. The van der Waals surface area contributed by atoms with Gasteiger partial charge in [0.05, 0.1) is 0 Å². The molecular formula is C11H11BrF3N3O2. The van der Waals surface area contributed by atoms with Crippen LogP contribution in [0.25, 0.3) is 0 Å². The molecule has 20 heavy (non-hydrogen) atoms. The third-order valence-electron chi connectivity index (χ3n) is 2.96. The zero-order valence-electron chi connectivity index (χ0n) is 9.96. The number of nitrogens with two attached hydrogens (primary N) is 1. The number of halogens is 4. The van der Waals surface area contributed by atoms with Crippen LogP contribution < -0.4 is 16.6 Å². The molecule has 0 bridgehead atoms. The molecule has 0 spiro atoms.